The molecular formula is C16H19N7O. The van der Waals surface area contributed by atoms with Crippen molar-refractivity contribution in [1.82, 2.24) is 24.5 Å². The fourth-order valence-corrected chi connectivity index (χ4v) is 2.86. The lowest BCUT2D eigenvalue weighted by atomic mass is 9.91. The molecule has 0 fully saturated rings. The Hall–Kier alpha value is -3.08. The van der Waals surface area contributed by atoms with Crippen LogP contribution in [0.25, 0.3) is 22.2 Å². The number of aromatic nitrogens is 5. The Labute approximate surface area is 138 Å². The zero-order valence-electron chi connectivity index (χ0n) is 14.1. The highest BCUT2D eigenvalue weighted by atomic mass is 16.1. The highest BCUT2D eigenvalue weighted by Gasteiger charge is 2.26. The molecule has 0 saturated carbocycles. The Kier molecular flexibility index (Phi) is 3.44. The number of pyridine rings is 1. The molecule has 0 unspecified atom stereocenters. The maximum absolute atomic E-state index is 12.5. The van der Waals surface area contributed by atoms with Crippen molar-refractivity contribution in [3.8, 4) is 17.3 Å². The van der Waals surface area contributed by atoms with Gasteiger partial charge in [0.25, 0.3) is 5.56 Å². The number of nitrogens with zero attached hydrogens (tertiary/aromatic N) is 5. The van der Waals surface area contributed by atoms with E-state index in [2.05, 4.69) is 21.4 Å². The molecule has 0 aliphatic rings. The molecule has 3 aromatic heterocycles. The van der Waals surface area contributed by atoms with E-state index in [0.717, 1.165) is 11.3 Å². The van der Waals surface area contributed by atoms with E-state index in [1.807, 2.05) is 26.8 Å². The first-order chi connectivity index (χ1) is 11.3. The fourth-order valence-electron chi connectivity index (χ4n) is 2.86. The maximum Gasteiger partial charge on any atom is 0.263 e. The molecule has 0 aromatic carbocycles. The molecule has 8 nitrogen and oxygen atoms in total. The van der Waals surface area contributed by atoms with Gasteiger partial charge in [0.2, 0.25) is 0 Å². The van der Waals surface area contributed by atoms with Gasteiger partial charge in [0.1, 0.15) is 5.39 Å². The SMILES string of the molecule is CCn1cc(-c2cc(C(C)(C)C#N)n(C)n2)c2[nH]nc(N)c2c1=O. The molecule has 0 aliphatic carbocycles. The van der Waals surface area contributed by atoms with E-state index < -0.39 is 5.41 Å². The second kappa shape index (κ2) is 5.23. The summed E-state index contributed by atoms with van der Waals surface area (Å²) >= 11 is 0. The smallest absolute Gasteiger partial charge is 0.263 e. The molecule has 24 heavy (non-hydrogen) atoms. The lowest BCUT2D eigenvalue weighted by Crippen LogP contribution is -2.19. The Balaban J connectivity index is 2.32. The monoisotopic (exact) mass is 325 g/mol. The van der Waals surface area contributed by atoms with Gasteiger partial charge in [-0.3, -0.25) is 14.6 Å². The quantitative estimate of drug-likeness (QED) is 0.757. The molecule has 3 heterocycles. The summed E-state index contributed by atoms with van der Waals surface area (Å²) < 4.78 is 3.26. The van der Waals surface area contributed by atoms with E-state index >= 15 is 0 Å². The largest absolute Gasteiger partial charge is 0.382 e. The minimum absolute atomic E-state index is 0.174. The number of aromatic amines is 1. The van der Waals surface area contributed by atoms with E-state index in [1.165, 1.54) is 0 Å². The topological polar surface area (TPSA) is 118 Å². The van der Waals surface area contributed by atoms with Crippen LogP contribution in [0.1, 0.15) is 26.5 Å². The number of anilines is 1. The number of hydrogen-bond acceptors (Lipinski definition) is 5. The van der Waals surface area contributed by atoms with Crippen LogP contribution in [-0.4, -0.2) is 24.5 Å². The normalized spacial score (nSPS) is 11.8. The van der Waals surface area contributed by atoms with Crippen LogP contribution < -0.4 is 11.3 Å². The van der Waals surface area contributed by atoms with Gasteiger partial charge in [-0.2, -0.15) is 15.5 Å². The summed E-state index contributed by atoms with van der Waals surface area (Å²) in [6, 6.07) is 4.14. The highest BCUT2D eigenvalue weighted by molar-refractivity contribution is 5.97. The number of nitrogen functional groups attached to an aromatic ring is 1. The number of nitrogens with one attached hydrogen (secondary N) is 1. The van der Waals surface area contributed by atoms with Crippen molar-refractivity contribution in [2.24, 2.45) is 7.05 Å². The van der Waals surface area contributed by atoms with Gasteiger partial charge in [0.05, 0.1) is 28.4 Å². The summed E-state index contributed by atoms with van der Waals surface area (Å²) in [7, 11) is 1.80. The second-order valence-corrected chi connectivity index (χ2v) is 6.27. The average molecular weight is 325 g/mol. The molecule has 0 bridgehead atoms. The van der Waals surface area contributed by atoms with Crippen molar-refractivity contribution < 1.29 is 0 Å². The molecule has 3 N–H and O–H groups in total. The predicted octanol–water partition coefficient (Wildman–Crippen LogP) is 1.53. The molecule has 3 rings (SSSR count). The molecule has 124 valence electrons. The zero-order chi connectivity index (χ0) is 17.6. The first kappa shape index (κ1) is 15.8. The molecule has 3 aromatic rings. The van der Waals surface area contributed by atoms with Crippen LogP contribution in [0.5, 0.6) is 0 Å². The van der Waals surface area contributed by atoms with Crippen molar-refractivity contribution in [3.05, 3.63) is 28.3 Å². The second-order valence-electron chi connectivity index (χ2n) is 6.27. The lowest BCUT2D eigenvalue weighted by Gasteiger charge is -2.14. The molecule has 0 aliphatic heterocycles. The number of fused-ring (bicyclic) bond motifs is 1. The minimum atomic E-state index is -0.675. The molecule has 0 saturated heterocycles. The van der Waals surface area contributed by atoms with Gasteiger partial charge in [-0.05, 0) is 26.8 Å². The van der Waals surface area contributed by atoms with Crippen molar-refractivity contribution in [2.75, 3.05) is 5.73 Å². The van der Waals surface area contributed by atoms with E-state index in [9.17, 15) is 10.1 Å². The van der Waals surface area contributed by atoms with E-state index in [4.69, 9.17) is 5.73 Å². The Morgan fingerprint density at radius 1 is 1.46 bits per heavy atom. The number of H-pyrrole nitrogens is 1. The zero-order valence-corrected chi connectivity index (χ0v) is 14.1. The van der Waals surface area contributed by atoms with Crippen LogP contribution in [0.15, 0.2) is 17.1 Å². The van der Waals surface area contributed by atoms with E-state index in [-0.39, 0.29) is 11.4 Å². The van der Waals surface area contributed by atoms with Crippen LogP contribution in [0.3, 0.4) is 0 Å². The number of rotatable bonds is 3. The van der Waals surface area contributed by atoms with Gasteiger partial charge in [-0.1, -0.05) is 0 Å². The van der Waals surface area contributed by atoms with Gasteiger partial charge < -0.3 is 10.3 Å². The summed E-state index contributed by atoms with van der Waals surface area (Å²) in [6.07, 6.45) is 1.74. The third-order valence-electron chi connectivity index (χ3n) is 4.24. The van der Waals surface area contributed by atoms with Crippen molar-refractivity contribution >= 4 is 16.7 Å². The maximum atomic E-state index is 12.5. The molecule has 0 spiro atoms. The van der Waals surface area contributed by atoms with E-state index in [1.54, 1.807) is 22.5 Å². The van der Waals surface area contributed by atoms with Crippen molar-refractivity contribution in [3.63, 3.8) is 0 Å². The number of hydrogen-bond donors (Lipinski definition) is 2. The first-order valence-corrected chi connectivity index (χ1v) is 7.63. The Morgan fingerprint density at radius 2 is 2.17 bits per heavy atom. The van der Waals surface area contributed by atoms with Crippen LogP contribution in [0, 0.1) is 11.3 Å². The highest BCUT2D eigenvalue weighted by Crippen LogP contribution is 2.30. The molecule has 0 atom stereocenters. The molecule has 8 heteroatoms. The Bertz CT molecular complexity index is 1030. The molecule has 0 amide bonds. The average Bonchev–Trinajstić information content (AvgIpc) is 3.12. The van der Waals surface area contributed by atoms with Crippen LogP contribution >= 0.6 is 0 Å². The van der Waals surface area contributed by atoms with E-state index in [0.29, 0.717) is 23.1 Å². The number of nitrogens with two attached hydrogens (primary N) is 1. The summed E-state index contributed by atoms with van der Waals surface area (Å²) in [5.74, 6) is 0.174. The van der Waals surface area contributed by atoms with Gasteiger partial charge in [0, 0.05) is 25.4 Å². The van der Waals surface area contributed by atoms with Crippen molar-refractivity contribution in [2.45, 2.75) is 32.7 Å². The summed E-state index contributed by atoms with van der Waals surface area (Å²) in [4.78, 5) is 12.5. The number of nitriles is 1. The fraction of sp³-hybridized carbons (Fsp3) is 0.375. The summed E-state index contributed by atoms with van der Waals surface area (Å²) in [6.45, 7) is 6.07. The van der Waals surface area contributed by atoms with Gasteiger partial charge in [-0.15, -0.1) is 0 Å². The predicted molar refractivity (Wildman–Crippen MR) is 91.3 cm³/mol. The van der Waals surface area contributed by atoms with Crippen LogP contribution in [-0.2, 0) is 19.0 Å². The van der Waals surface area contributed by atoms with Gasteiger partial charge >= 0.3 is 0 Å². The standard InChI is InChI=1S/C16H19N7O/c1-5-23-7-9(13-12(15(23)24)14(18)20-19-13)10-6-11(22(4)21-10)16(2,3)8-17/h6-7H,5H2,1-4H3,(H3,18,19,20). The lowest BCUT2D eigenvalue weighted by molar-refractivity contribution is 0.587. The first-order valence-electron chi connectivity index (χ1n) is 7.63. The molecule has 0 radical (unpaired) electrons. The van der Waals surface area contributed by atoms with Crippen molar-refractivity contribution in [1.29, 1.82) is 5.26 Å². The Morgan fingerprint density at radius 3 is 2.79 bits per heavy atom. The number of aryl methyl sites for hydroxylation is 2. The third-order valence-corrected chi connectivity index (χ3v) is 4.24. The van der Waals surface area contributed by atoms with Gasteiger partial charge in [0.15, 0.2) is 5.82 Å². The summed E-state index contributed by atoms with van der Waals surface area (Å²) in [5.41, 5.74) is 7.72. The minimum Gasteiger partial charge on any atom is -0.382 e. The summed E-state index contributed by atoms with van der Waals surface area (Å²) in [5, 5.41) is 21.1. The third kappa shape index (κ3) is 2.17. The van der Waals surface area contributed by atoms with Crippen LogP contribution in [0.2, 0.25) is 0 Å². The van der Waals surface area contributed by atoms with Gasteiger partial charge in [-0.25, -0.2) is 0 Å². The van der Waals surface area contributed by atoms with Crippen LogP contribution in [0.4, 0.5) is 5.82 Å². The molecular weight excluding hydrogens is 306 g/mol.